The van der Waals surface area contributed by atoms with Gasteiger partial charge in [-0.2, -0.15) is 0 Å². The molecule has 14 heavy (non-hydrogen) atoms. The van der Waals surface area contributed by atoms with Gasteiger partial charge in [0.1, 0.15) is 10.9 Å². The van der Waals surface area contributed by atoms with E-state index in [0.29, 0.717) is 0 Å². The zero-order valence-corrected chi connectivity index (χ0v) is 11.0. The average Bonchev–Trinajstić information content (AvgIpc) is 2.12. The van der Waals surface area contributed by atoms with Crippen LogP contribution in [0.15, 0.2) is 16.6 Å². The van der Waals surface area contributed by atoms with Crippen molar-refractivity contribution < 1.29 is 5.11 Å². The minimum absolute atomic E-state index is 0.748. The molecule has 0 heterocycles. The summed E-state index contributed by atoms with van der Waals surface area (Å²) < 4.78 is 1.05. The number of aliphatic hydroxyl groups excluding tert-OH is 1. The Balaban J connectivity index is 3.12. The van der Waals surface area contributed by atoms with Crippen molar-refractivity contribution in [3.05, 3.63) is 33.3 Å². The molecule has 0 aliphatic rings. The van der Waals surface area contributed by atoms with Crippen LogP contribution in [0.1, 0.15) is 22.8 Å². The highest BCUT2D eigenvalue weighted by Crippen LogP contribution is 2.29. The van der Waals surface area contributed by atoms with Crippen LogP contribution >= 0.6 is 39.1 Å². The molecule has 0 fully saturated rings. The average molecular weight is 298 g/mol. The highest BCUT2D eigenvalue weighted by molar-refractivity contribution is 9.10. The minimum Gasteiger partial charge on any atom is -0.386 e. The second kappa shape index (κ2) is 4.84. The second-order valence-corrected chi connectivity index (χ2v) is 5.20. The summed E-state index contributed by atoms with van der Waals surface area (Å²) in [5, 5.41) is 9.66. The van der Waals surface area contributed by atoms with Gasteiger partial charge in [-0.05, 0) is 30.5 Å². The van der Waals surface area contributed by atoms with Gasteiger partial charge in [0, 0.05) is 4.47 Å². The lowest BCUT2D eigenvalue weighted by Gasteiger charge is -2.14. The fourth-order valence-electron chi connectivity index (χ4n) is 1.30. The van der Waals surface area contributed by atoms with Gasteiger partial charge in [0.15, 0.2) is 0 Å². The first-order valence-electron chi connectivity index (χ1n) is 4.16. The van der Waals surface area contributed by atoms with E-state index < -0.39 is 10.9 Å². The van der Waals surface area contributed by atoms with Gasteiger partial charge in [-0.25, -0.2) is 0 Å². The molecule has 0 spiro atoms. The number of halogens is 3. The van der Waals surface area contributed by atoms with Crippen LogP contribution in [0.25, 0.3) is 0 Å². The van der Waals surface area contributed by atoms with E-state index in [4.69, 9.17) is 23.2 Å². The van der Waals surface area contributed by atoms with Crippen LogP contribution in [-0.4, -0.2) is 9.94 Å². The van der Waals surface area contributed by atoms with Gasteiger partial charge in [-0.1, -0.05) is 28.1 Å². The molecule has 0 aliphatic carbocycles. The number of hydrogen-bond acceptors (Lipinski definition) is 1. The van der Waals surface area contributed by atoms with Gasteiger partial charge in [-0.3, -0.25) is 0 Å². The van der Waals surface area contributed by atoms with E-state index in [0.717, 1.165) is 21.2 Å². The monoisotopic (exact) mass is 296 g/mol. The third-order valence-electron chi connectivity index (χ3n) is 2.04. The van der Waals surface area contributed by atoms with E-state index in [-0.39, 0.29) is 0 Å². The summed E-state index contributed by atoms with van der Waals surface area (Å²) >= 11 is 14.7. The van der Waals surface area contributed by atoms with Gasteiger partial charge in [0.25, 0.3) is 0 Å². The van der Waals surface area contributed by atoms with Crippen molar-refractivity contribution in [2.45, 2.75) is 24.8 Å². The Morgan fingerprint density at radius 3 is 2.00 bits per heavy atom. The third-order valence-corrected chi connectivity index (χ3v) is 3.77. The molecule has 1 aromatic rings. The number of rotatable bonds is 2. The standard InChI is InChI=1S/C10H11BrCl2O/c1-5-3-7(9(14)10(12)13)4-6(2)8(5)11/h3-4,9-10,14H,1-2H3. The maximum Gasteiger partial charge on any atom is 0.137 e. The first kappa shape index (κ1) is 12.3. The van der Waals surface area contributed by atoms with Crippen molar-refractivity contribution in [1.29, 1.82) is 0 Å². The van der Waals surface area contributed by atoms with Gasteiger partial charge >= 0.3 is 0 Å². The third kappa shape index (κ3) is 2.63. The van der Waals surface area contributed by atoms with Crippen molar-refractivity contribution >= 4 is 39.1 Å². The SMILES string of the molecule is Cc1cc(C(O)C(Cl)Cl)cc(C)c1Br. The van der Waals surface area contributed by atoms with E-state index in [1.54, 1.807) is 0 Å². The molecule has 0 amide bonds. The fourth-order valence-corrected chi connectivity index (χ4v) is 1.82. The molecule has 4 heteroatoms. The summed E-state index contributed by atoms with van der Waals surface area (Å²) in [4.78, 5) is -0.796. The Kier molecular flexibility index (Phi) is 4.26. The largest absolute Gasteiger partial charge is 0.386 e. The molecule has 0 bridgehead atoms. The first-order chi connectivity index (χ1) is 6.43. The molecule has 0 aromatic heterocycles. The predicted molar refractivity (Wildman–Crippen MR) is 64.1 cm³/mol. The molecule has 78 valence electrons. The van der Waals surface area contributed by atoms with E-state index >= 15 is 0 Å². The summed E-state index contributed by atoms with van der Waals surface area (Å²) in [5.41, 5.74) is 2.87. The molecule has 0 saturated carbocycles. The first-order valence-corrected chi connectivity index (χ1v) is 5.83. The maximum absolute atomic E-state index is 9.66. The summed E-state index contributed by atoms with van der Waals surface area (Å²) in [5.74, 6) is 0. The molecule has 0 radical (unpaired) electrons. The lowest BCUT2D eigenvalue weighted by molar-refractivity contribution is 0.192. The topological polar surface area (TPSA) is 20.2 Å². The summed E-state index contributed by atoms with van der Waals surface area (Å²) in [6, 6.07) is 3.75. The highest BCUT2D eigenvalue weighted by Gasteiger charge is 2.17. The van der Waals surface area contributed by atoms with Crippen LogP contribution in [0.4, 0.5) is 0 Å². The van der Waals surface area contributed by atoms with Crippen molar-refractivity contribution in [2.24, 2.45) is 0 Å². The molecule has 1 rings (SSSR count). The van der Waals surface area contributed by atoms with Crippen LogP contribution in [-0.2, 0) is 0 Å². The number of benzene rings is 1. The van der Waals surface area contributed by atoms with E-state index in [2.05, 4.69) is 15.9 Å². The quantitative estimate of drug-likeness (QED) is 0.821. The van der Waals surface area contributed by atoms with Crippen LogP contribution < -0.4 is 0 Å². The molecular weight excluding hydrogens is 287 g/mol. The van der Waals surface area contributed by atoms with Crippen LogP contribution in [0.3, 0.4) is 0 Å². The molecule has 1 unspecified atom stereocenters. The summed E-state index contributed by atoms with van der Waals surface area (Å²) in [7, 11) is 0. The van der Waals surface area contributed by atoms with E-state index in [9.17, 15) is 5.11 Å². The summed E-state index contributed by atoms with van der Waals surface area (Å²) in [6.45, 7) is 3.93. The Bertz CT molecular complexity index is 316. The fraction of sp³-hybridized carbons (Fsp3) is 0.400. The lowest BCUT2D eigenvalue weighted by Crippen LogP contribution is -2.06. The second-order valence-electron chi connectivity index (χ2n) is 3.25. The molecule has 0 aliphatic heterocycles. The number of aliphatic hydroxyl groups is 1. The van der Waals surface area contributed by atoms with Crippen molar-refractivity contribution in [1.82, 2.24) is 0 Å². The number of hydrogen-bond donors (Lipinski definition) is 1. The molecule has 1 N–H and O–H groups in total. The molecule has 1 aromatic carbocycles. The van der Waals surface area contributed by atoms with Gasteiger partial charge in [0.05, 0.1) is 0 Å². The maximum atomic E-state index is 9.66. The van der Waals surface area contributed by atoms with Crippen molar-refractivity contribution in [3.63, 3.8) is 0 Å². The summed E-state index contributed by atoms with van der Waals surface area (Å²) in [6.07, 6.45) is -0.830. The smallest absolute Gasteiger partial charge is 0.137 e. The van der Waals surface area contributed by atoms with Crippen LogP contribution in [0.2, 0.25) is 0 Å². The predicted octanol–water partition coefficient (Wildman–Crippen LogP) is 3.90. The lowest BCUT2D eigenvalue weighted by atomic mass is 10.0. The zero-order valence-electron chi connectivity index (χ0n) is 7.89. The van der Waals surface area contributed by atoms with E-state index in [1.807, 2.05) is 26.0 Å². The van der Waals surface area contributed by atoms with Gasteiger partial charge in [0.2, 0.25) is 0 Å². The van der Waals surface area contributed by atoms with Crippen molar-refractivity contribution in [3.8, 4) is 0 Å². The molecule has 1 atom stereocenters. The van der Waals surface area contributed by atoms with Gasteiger partial charge < -0.3 is 5.11 Å². The molecule has 1 nitrogen and oxygen atoms in total. The Hall–Kier alpha value is 0.240. The number of alkyl halides is 2. The normalized spacial score (nSPS) is 13.4. The Labute approximate surface area is 102 Å². The highest BCUT2D eigenvalue weighted by atomic mass is 79.9. The van der Waals surface area contributed by atoms with Gasteiger partial charge in [-0.15, -0.1) is 23.2 Å². The van der Waals surface area contributed by atoms with Crippen LogP contribution in [0, 0.1) is 13.8 Å². The zero-order chi connectivity index (χ0) is 10.9. The van der Waals surface area contributed by atoms with E-state index in [1.165, 1.54) is 0 Å². The number of aryl methyl sites for hydroxylation is 2. The minimum atomic E-state index is -0.830. The van der Waals surface area contributed by atoms with Crippen LogP contribution in [0.5, 0.6) is 0 Å². The Morgan fingerprint density at radius 2 is 1.64 bits per heavy atom. The molecular formula is C10H11BrCl2O. The Morgan fingerprint density at radius 1 is 1.21 bits per heavy atom. The molecule has 0 saturated heterocycles. The van der Waals surface area contributed by atoms with Crippen molar-refractivity contribution in [2.75, 3.05) is 0 Å².